The van der Waals surface area contributed by atoms with Gasteiger partial charge in [0.25, 0.3) is 0 Å². The zero-order valence-electron chi connectivity index (χ0n) is 18.4. The van der Waals surface area contributed by atoms with Gasteiger partial charge in [0.05, 0.1) is 0 Å². The highest BCUT2D eigenvalue weighted by molar-refractivity contribution is 5.83. The van der Waals surface area contributed by atoms with E-state index in [0.29, 0.717) is 0 Å². The number of hydrogen-bond donors (Lipinski definition) is 2. The topological polar surface area (TPSA) is 27.8 Å². The Bertz CT molecular complexity index is 601. The van der Waals surface area contributed by atoms with E-state index in [9.17, 15) is 0 Å². The van der Waals surface area contributed by atoms with E-state index in [1.807, 2.05) is 0 Å². The quantitative estimate of drug-likeness (QED) is 0.252. The summed E-state index contributed by atoms with van der Waals surface area (Å²) < 4.78 is 0. The maximum atomic E-state index is 3.62. The standard InChI is InChI=1S/C26H44N2/c1-2-3-4-5-6-7-8-9-10-11-12-13-14-17-21-27-22-20-24-23-28-26-19-16-15-18-25(24)26/h15-16,18-19,23,27-28H,2-14,17,20-22H2,1H3. The van der Waals surface area contributed by atoms with Crippen LogP contribution in [0.5, 0.6) is 0 Å². The third kappa shape index (κ3) is 9.78. The van der Waals surface area contributed by atoms with E-state index in [-0.39, 0.29) is 0 Å². The summed E-state index contributed by atoms with van der Waals surface area (Å²) in [7, 11) is 0. The molecule has 0 radical (unpaired) electrons. The lowest BCUT2D eigenvalue weighted by Crippen LogP contribution is -2.18. The number of rotatable bonds is 18. The molecule has 28 heavy (non-hydrogen) atoms. The Labute approximate surface area is 173 Å². The average molecular weight is 385 g/mol. The van der Waals surface area contributed by atoms with Crippen molar-refractivity contribution < 1.29 is 0 Å². The highest BCUT2D eigenvalue weighted by Crippen LogP contribution is 2.17. The molecule has 0 unspecified atom stereocenters. The Balaban J connectivity index is 1.31. The first kappa shape index (κ1) is 23.0. The van der Waals surface area contributed by atoms with Crippen LogP contribution in [-0.2, 0) is 6.42 Å². The van der Waals surface area contributed by atoms with Gasteiger partial charge in [-0.1, -0.05) is 109 Å². The molecule has 2 rings (SSSR count). The minimum atomic E-state index is 1.08. The van der Waals surface area contributed by atoms with Gasteiger partial charge in [-0.3, -0.25) is 0 Å². The number of H-pyrrole nitrogens is 1. The lowest BCUT2D eigenvalue weighted by molar-refractivity contribution is 0.530. The van der Waals surface area contributed by atoms with Crippen LogP contribution in [0.2, 0.25) is 0 Å². The first-order valence-corrected chi connectivity index (χ1v) is 12.2. The highest BCUT2D eigenvalue weighted by Gasteiger charge is 2.01. The largest absolute Gasteiger partial charge is 0.361 e. The number of benzene rings is 1. The van der Waals surface area contributed by atoms with Crippen LogP contribution < -0.4 is 5.32 Å². The zero-order valence-corrected chi connectivity index (χ0v) is 18.4. The molecule has 1 aromatic carbocycles. The van der Waals surface area contributed by atoms with E-state index in [1.54, 1.807) is 0 Å². The van der Waals surface area contributed by atoms with Crippen LogP contribution in [0, 0.1) is 0 Å². The molecule has 0 saturated heterocycles. The van der Waals surface area contributed by atoms with Gasteiger partial charge in [-0.15, -0.1) is 0 Å². The fourth-order valence-electron chi connectivity index (χ4n) is 4.13. The molecule has 2 nitrogen and oxygen atoms in total. The predicted molar refractivity (Wildman–Crippen MR) is 125 cm³/mol. The summed E-state index contributed by atoms with van der Waals surface area (Å²) in [6.45, 7) is 4.55. The molecule has 1 aromatic heterocycles. The van der Waals surface area contributed by atoms with Crippen molar-refractivity contribution in [1.82, 2.24) is 10.3 Å². The van der Waals surface area contributed by atoms with Gasteiger partial charge in [0.15, 0.2) is 0 Å². The predicted octanol–water partition coefficient (Wildman–Crippen LogP) is 7.78. The molecule has 0 aliphatic carbocycles. The van der Waals surface area contributed by atoms with Crippen molar-refractivity contribution in [2.75, 3.05) is 13.1 Å². The van der Waals surface area contributed by atoms with E-state index >= 15 is 0 Å². The molecule has 158 valence electrons. The van der Waals surface area contributed by atoms with Crippen LogP contribution in [0.25, 0.3) is 10.9 Å². The van der Waals surface area contributed by atoms with Gasteiger partial charge >= 0.3 is 0 Å². The van der Waals surface area contributed by atoms with Crippen molar-refractivity contribution in [3.63, 3.8) is 0 Å². The molecule has 0 amide bonds. The van der Waals surface area contributed by atoms with E-state index in [4.69, 9.17) is 0 Å². The Morgan fingerprint density at radius 3 is 1.89 bits per heavy atom. The van der Waals surface area contributed by atoms with Gasteiger partial charge in [-0.2, -0.15) is 0 Å². The summed E-state index contributed by atoms with van der Waals surface area (Å²) in [6.07, 6.45) is 23.3. The molecule has 1 heterocycles. The summed E-state index contributed by atoms with van der Waals surface area (Å²) in [5.74, 6) is 0. The summed E-state index contributed by atoms with van der Waals surface area (Å²) in [5.41, 5.74) is 2.69. The smallest absolute Gasteiger partial charge is 0.0456 e. The fraction of sp³-hybridized carbons (Fsp3) is 0.692. The summed E-state index contributed by atoms with van der Waals surface area (Å²) in [6, 6.07) is 8.59. The van der Waals surface area contributed by atoms with Crippen LogP contribution in [0.4, 0.5) is 0 Å². The van der Waals surface area contributed by atoms with Crippen molar-refractivity contribution >= 4 is 10.9 Å². The van der Waals surface area contributed by atoms with Gasteiger partial charge < -0.3 is 10.3 Å². The van der Waals surface area contributed by atoms with Gasteiger partial charge in [-0.05, 0) is 37.6 Å². The number of aromatic nitrogens is 1. The van der Waals surface area contributed by atoms with Crippen LogP contribution in [0.3, 0.4) is 0 Å². The fourth-order valence-corrected chi connectivity index (χ4v) is 4.13. The van der Waals surface area contributed by atoms with E-state index < -0.39 is 0 Å². The third-order valence-electron chi connectivity index (χ3n) is 5.95. The molecule has 2 N–H and O–H groups in total. The summed E-state index contributed by atoms with van der Waals surface area (Å²) >= 11 is 0. The van der Waals surface area contributed by atoms with Gasteiger partial charge in [0.1, 0.15) is 0 Å². The van der Waals surface area contributed by atoms with Crippen LogP contribution in [0.1, 0.15) is 102 Å². The monoisotopic (exact) mass is 384 g/mol. The number of hydrogen-bond acceptors (Lipinski definition) is 1. The molecule has 2 heteroatoms. The Kier molecular flexibility index (Phi) is 12.8. The summed E-state index contributed by atoms with van der Waals surface area (Å²) in [4.78, 5) is 3.37. The van der Waals surface area contributed by atoms with Crippen molar-refractivity contribution in [1.29, 1.82) is 0 Å². The molecule has 0 fully saturated rings. The maximum Gasteiger partial charge on any atom is 0.0456 e. The Hall–Kier alpha value is -1.28. The molecule has 0 spiro atoms. The zero-order chi connectivity index (χ0) is 19.7. The minimum Gasteiger partial charge on any atom is -0.361 e. The van der Waals surface area contributed by atoms with Crippen LogP contribution in [-0.4, -0.2) is 18.1 Å². The molecular formula is C26H44N2. The Morgan fingerprint density at radius 2 is 1.25 bits per heavy atom. The van der Waals surface area contributed by atoms with E-state index in [0.717, 1.165) is 13.0 Å². The maximum absolute atomic E-state index is 3.62. The molecular weight excluding hydrogens is 340 g/mol. The van der Waals surface area contributed by atoms with E-state index in [2.05, 4.69) is 47.7 Å². The van der Waals surface area contributed by atoms with Gasteiger partial charge in [0, 0.05) is 17.1 Å². The number of nitrogens with one attached hydrogen (secondary N) is 2. The average Bonchev–Trinajstić information content (AvgIpc) is 3.13. The minimum absolute atomic E-state index is 1.08. The highest BCUT2D eigenvalue weighted by atomic mass is 14.8. The van der Waals surface area contributed by atoms with Crippen LogP contribution in [0.15, 0.2) is 30.5 Å². The molecule has 0 aliphatic rings. The second-order valence-electron chi connectivity index (χ2n) is 8.46. The lowest BCUT2D eigenvalue weighted by atomic mass is 10.0. The van der Waals surface area contributed by atoms with Crippen LogP contribution >= 0.6 is 0 Å². The Morgan fingerprint density at radius 1 is 0.679 bits per heavy atom. The number of fused-ring (bicyclic) bond motifs is 1. The van der Waals surface area contributed by atoms with Crippen molar-refractivity contribution in [3.8, 4) is 0 Å². The first-order chi connectivity index (χ1) is 13.9. The number of aromatic amines is 1. The van der Waals surface area contributed by atoms with E-state index in [1.165, 1.54) is 113 Å². The molecule has 0 saturated carbocycles. The summed E-state index contributed by atoms with van der Waals surface area (Å²) in [5, 5.41) is 4.99. The molecule has 0 bridgehead atoms. The second-order valence-corrected chi connectivity index (χ2v) is 8.46. The lowest BCUT2D eigenvalue weighted by Gasteiger charge is -2.05. The molecule has 0 aliphatic heterocycles. The SMILES string of the molecule is CCCCCCCCCCCCCCCCNCCc1c[nH]c2ccccc12. The van der Waals surface area contributed by atoms with Crippen molar-refractivity contribution in [2.45, 2.75) is 103 Å². The third-order valence-corrected chi connectivity index (χ3v) is 5.95. The number of para-hydroxylation sites is 1. The molecule has 0 atom stereocenters. The van der Waals surface area contributed by atoms with Crippen molar-refractivity contribution in [3.05, 3.63) is 36.0 Å². The normalized spacial score (nSPS) is 11.5. The van der Waals surface area contributed by atoms with Gasteiger partial charge in [0.2, 0.25) is 0 Å². The van der Waals surface area contributed by atoms with Crippen molar-refractivity contribution in [2.24, 2.45) is 0 Å². The van der Waals surface area contributed by atoms with Gasteiger partial charge in [-0.25, -0.2) is 0 Å². The molecule has 2 aromatic rings. The number of unbranched alkanes of at least 4 members (excludes halogenated alkanes) is 13. The second kappa shape index (κ2) is 15.6. The first-order valence-electron chi connectivity index (χ1n) is 12.2.